The number of carbonyl (C=O) groups excluding carboxylic acids is 2. The maximum absolute atomic E-state index is 13.0. The Hall–Kier alpha value is -2.38. The number of amides is 1. The number of nitrogens with zero attached hydrogens (tertiary/aromatic N) is 2. The highest BCUT2D eigenvalue weighted by Gasteiger charge is 2.45. The standard InChI is InChI=1S/C24H24Cl2N2O4/c25-18-8-7-17(15-19(18)26)21-20(22(29)16-5-2-1-3-6-16)23(30)24(31)28(21)10-4-9-27-11-13-32-14-12-27/h1-3,5-8,15,21,29H,4,9-14H2/t21-/m0/s1. The van der Waals surface area contributed by atoms with Crippen LogP contribution < -0.4 is 0 Å². The summed E-state index contributed by atoms with van der Waals surface area (Å²) in [7, 11) is 0. The van der Waals surface area contributed by atoms with Gasteiger partial charge >= 0.3 is 0 Å². The molecular weight excluding hydrogens is 451 g/mol. The van der Waals surface area contributed by atoms with Gasteiger partial charge in [0.25, 0.3) is 11.7 Å². The molecule has 0 radical (unpaired) electrons. The summed E-state index contributed by atoms with van der Waals surface area (Å²) in [5.74, 6) is -1.52. The zero-order valence-corrected chi connectivity index (χ0v) is 19.0. The Labute approximate surface area is 197 Å². The van der Waals surface area contributed by atoms with Gasteiger partial charge in [-0.1, -0.05) is 59.6 Å². The third-order valence-corrected chi connectivity index (χ3v) is 6.56. The fraction of sp³-hybridized carbons (Fsp3) is 0.333. The smallest absolute Gasteiger partial charge is 0.295 e. The van der Waals surface area contributed by atoms with Crippen molar-refractivity contribution in [3.8, 4) is 0 Å². The van der Waals surface area contributed by atoms with Crippen molar-refractivity contribution in [2.75, 3.05) is 39.4 Å². The molecule has 168 valence electrons. The van der Waals surface area contributed by atoms with E-state index in [2.05, 4.69) is 4.90 Å². The van der Waals surface area contributed by atoms with Gasteiger partial charge in [-0.3, -0.25) is 14.5 Å². The highest BCUT2D eigenvalue weighted by Crippen LogP contribution is 2.40. The van der Waals surface area contributed by atoms with Crippen LogP contribution in [0.15, 0.2) is 54.1 Å². The van der Waals surface area contributed by atoms with E-state index in [1.807, 2.05) is 6.07 Å². The van der Waals surface area contributed by atoms with E-state index in [1.165, 1.54) is 4.90 Å². The van der Waals surface area contributed by atoms with E-state index >= 15 is 0 Å². The van der Waals surface area contributed by atoms with Crippen molar-refractivity contribution in [1.82, 2.24) is 9.80 Å². The van der Waals surface area contributed by atoms with E-state index in [0.717, 1.165) is 19.6 Å². The highest BCUT2D eigenvalue weighted by atomic mass is 35.5. The third-order valence-electron chi connectivity index (χ3n) is 5.82. The molecule has 2 aromatic carbocycles. The van der Waals surface area contributed by atoms with E-state index in [-0.39, 0.29) is 11.3 Å². The van der Waals surface area contributed by atoms with E-state index in [0.29, 0.717) is 47.4 Å². The molecule has 2 aromatic rings. The Bertz CT molecular complexity index is 1040. The molecule has 32 heavy (non-hydrogen) atoms. The predicted octanol–water partition coefficient (Wildman–Crippen LogP) is 4.14. The molecule has 0 bridgehead atoms. The molecule has 0 aromatic heterocycles. The number of ether oxygens (including phenoxy) is 1. The van der Waals surface area contributed by atoms with E-state index in [9.17, 15) is 14.7 Å². The molecule has 2 aliphatic rings. The summed E-state index contributed by atoms with van der Waals surface area (Å²) in [6.45, 7) is 4.26. The van der Waals surface area contributed by atoms with Crippen LogP contribution in [0.5, 0.6) is 0 Å². The van der Waals surface area contributed by atoms with Crippen LogP contribution in [0.25, 0.3) is 5.76 Å². The molecule has 1 N–H and O–H groups in total. The molecule has 6 nitrogen and oxygen atoms in total. The van der Waals surface area contributed by atoms with Gasteiger partial charge < -0.3 is 14.7 Å². The summed E-state index contributed by atoms with van der Waals surface area (Å²) in [5, 5.41) is 11.7. The topological polar surface area (TPSA) is 70.1 Å². The lowest BCUT2D eigenvalue weighted by atomic mass is 9.95. The number of ketones is 1. The van der Waals surface area contributed by atoms with Crippen molar-refractivity contribution in [2.24, 2.45) is 0 Å². The number of rotatable bonds is 6. The summed E-state index contributed by atoms with van der Waals surface area (Å²) in [4.78, 5) is 29.8. The minimum Gasteiger partial charge on any atom is -0.507 e. The maximum Gasteiger partial charge on any atom is 0.295 e. The second-order valence-corrected chi connectivity index (χ2v) is 8.65. The van der Waals surface area contributed by atoms with Gasteiger partial charge in [-0.15, -0.1) is 0 Å². The lowest BCUT2D eigenvalue weighted by Gasteiger charge is -2.29. The number of benzene rings is 2. The Kier molecular flexibility index (Phi) is 7.16. The van der Waals surface area contributed by atoms with Crippen LogP contribution in [0.2, 0.25) is 10.0 Å². The number of aliphatic hydroxyl groups excluding tert-OH is 1. The zero-order chi connectivity index (χ0) is 22.7. The molecule has 2 aliphatic heterocycles. The van der Waals surface area contributed by atoms with Gasteiger partial charge in [-0.05, 0) is 24.1 Å². The van der Waals surface area contributed by atoms with Crippen molar-refractivity contribution in [3.05, 3.63) is 75.3 Å². The van der Waals surface area contributed by atoms with Crippen LogP contribution in [-0.2, 0) is 14.3 Å². The summed E-state index contributed by atoms with van der Waals surface area (Å²) in [5.41, 5.74) is 1.16. The molecular formula is C24H24Cl2N2O4. The molecule has 2 saturated heterocycles. The van der Waals surface area contributed by atoms with E-state index < -0.39 is 17.7 Å². The lowest BCUT2D eigenvalue weighted by molar-refractivity contribution is -0.140. The van der Waals surface area contributed by atoms with Crippen molar-refractivity contribution in [3.63, 3.8) is 0 Å². The summed E-state index contributed by atoms with van der Waals surface area (Å²) < 4.78 is 5.38. The third kappa shape index (κ3) is 4.69. The normalized spacial score (nSPS) is 21.3. The van der Waals surface area contributed by atoms with Gasteiger partial charge in [0.05, 0.1) is 34.9 Å². The quantitative estimate of drug-likeness (QED) is 0.387. The number of hydrogen-bond acceptors (Lipinski definition) is 5. The fourth-order valence-electron chi connectivity index (χ4n) is 4.18. The molecule has 4 rings (SSSR count). The number of morpholine rings is 1. The molecule has 2 fully saturated rings. The number of halogens is 2. The summed E-state index contributed by atoms with van der Waals surface area (Å²) in [6.07, 6.45) is 0.691. The van der Waals surface area contributed by atoms with Crippen molar-refractivity contribution >= 4 is 40.7 Å². The molecule has 0 spiro atoms. The van der Waals surface area contributed by atoms with Crippen LogP contribution in [0, 0.1) is 0 Å². The molecule has 0 aliphatic carbocycles. The maximum atomic E-state index is 13.0. The number of likely N-dealkylation sites (tertiary alicyclic amines) is 1. The highest BCUT2D eigenvalue weighted by molar-refractivity contribution is 6.46. The number of aliphatic hydroxyl groups is 1. The number of carbonyl (C=O) groups is 2. The molecule has 8 heteroatoms. The van der Waals surface area contributed by atoms with Crippen molar-refractivity contribution in [1.29, 1.82) is 0 Å². The first-order chi connectivity index (χ1) is 15.5. The fourth-order valence-corrected chi connectivity index (χ4v) is 4.49. The van der Waals surface area contributed by atoms with Crippen LogP contribution in [0.4, 0.5) is 0 Å². The molecule has 0 saturated carbocycles. The number of hydrogen-bond donors (Lipinski definition) is 1. The first-order valence-electron chi connectivity index (χ1n) is 10.6. The van der Waals surface area contributed by atoms with Crippen LogP contribution >= 0.6 is 23.2 Å². The SMILES string of the molecule is O=C1C(=O)N(CCCN2CCOCC2)[C@@H](c2ccc(Cl)c(Cl)c2)C1=C(O)c1ccccc1. The van der Waals surface area contributed by atoms with Gasteiger partial charge in [0.2, 0.25) is 0 Å². The van der Waals surface area contributed by atoms with Gasteiger partial charge in [-0.25, -0.2) is 0 Å². The van der Waals surface area contributed by atoms with Crippen LogP contribution in [-0.4, -0.2) is 66.0 Å². The minimum atomic E-state index is -0.741. The second kappa shape index (κ2) is 10.0. The number of Topliss-reactive ketones (excluding diaryl/α,β-unsaturated/α-hetero) is 1. The van der Waals surface area contributed by atoms with Gasteiger partial charge in [0.15, 0.2) is 0 Å². The Morgan fingerprint density at radius 3 is 2.41 bits per heavy atom. The van der Waals surface area contributed by atoms with Gasteiger partial charge in [0.1, 0.15) is 5.76 Å². The monoisotopic (exact) mass is 474 g/mol. The largest absolute Gasteiger partial charge is 0.507 e. The average molecular weight is 475 g/mol. The second-order valence-electron chi connectivity index (χ2n) is 7.84. The van der Waals surface area contributed by atoms with Gasteiger partial charge in [0, 0.05) is 31.7 Å². The Morgan fingerprint density at radius 1 is 1.00 bits per heavy atom. The Morgan fingerprint density at radius 2 is 1.72 bits per heavy atom. The zero-order valence-electron chi connectivity index (χ0n) is 17.5. The first-order valence-corrected chi connectivity index (χ1v) is 11.3. The Balaban J connectivity index is 1.68. The molecule has 2 heterocycles. The molecule has 0 unspecified atom stereocenters. The first kappa shape index (κ1) is 22.8. The van der Waals surface area contributed by atoms with Gasteiger partial charge in [-0.2, -0.15) is 0 Å². The molecule has 1 amide bonds. The molecule has 1 atom stereocenters. The van der Waals surface area contributed by atoms with E-state index in [1.54, 1.807) is 42.5 Å². The summed E-state index contributed by atoms with van der Waals surface area (Å²) >= 11 is 12.3. The van der Waals surface area contributed by atoms with Crippen LogP contribution in [0.1, 0.15) is 23.6 Å². The van der Waals surface area contributed by atoms with Crippen molar-refractivity contribution in [2.45, 2.75) is 12.5 Å². The van der Waals surface area contributed by atoms with E-state index in [4.69, 9.17) is 27.9 Å². The lowest BCUT2D eigenvalue weighted by Crippen LogP contribution is -2.38. The average Bonchev–Trinajstić information content (AvgIpc) is 3.07. The summed E-state index contributed by atoms with van der Waals surface area (Å²) in [6, 6.07) is 13.0. The predicted molar refractivity (Wildman–Crippen MR) is 124 cm³/mol. The van der Waals surface area contributed by atoms with Crippen molar-refractivity contribution < 1.29 is 19.4 Å². The van der Waals surface area contributed by atoms with Crippen LogP contribution in [0.3, 0.4) is 0 Å². The minimum absolute atomic E-state index is 0.0611.